The van der Waals surface area contributed by atoms with Gasteiger partial charge in [-0.05, 0) is 33.6 Å². The number of anilines is 1. The Bertz CT molecular complexity index is 381. The van der Waals surface area contributed by atoms with Crippen molar-refractivity contribution in [2.75, 3.05) is 5.01 Å². The van der Waals surface area contributed by atoms with Crippen LogP contribution >= 0.6 is 30.1 Å². The molecule has 0 amide bonds. The van der Waals surface area contributed by atoms with Gasteiger partial charge < -0.3 is 11.5 Å². The number of hydrogen-bond donors (Lipinski definition) is 3. The lowest BCUT2D eigenvalue weighted by molar-refractivity contribution is 0.817. The summed E-state index contributed by atoms with van der Waals surface area (Å²) < 4.78 is 0. The highest BCUT2D eigenvalue weighted by Crippen LogP contribution is 2.22. The van der Waals surface area contributed by atoms with E-state index in [0.717, 1.165) is 11.3 Å². The molecule has 1 unspecified atom stereocenters. The molecule has 0 saturated carbocycles. The largest absolute Gasteiger partial charge is 0.392 e. The van der Waals surface area contributed by atoms with Crippen LogP contribution in [0.4, 0.5) is 5.69 Å². The highest BCUT2D eigenvalue weighted by molar-refractivity contribution is 14.2. The van der Waals surface area contributed by atoms with Gasteiger partial charge in [0.1, 0.15) is 0 Å². The summed E-state index contributed by atoms with van der Waals surface area (Å²) >= 11 is 2.10. The Morgan fingerprint density at radius 3 is 2.81 bits per heavy atom. The quantitative estimate of drug-likeness (QED) is 0.441. The second-order valence-corrected chi connectivity index (χ2v) is 5.35. The van der Waals surface area contributed by atoms with E-state index in [9.17, 15) is 0 Å². The lowest BCUT2D eigenvalue weighted by Crippen LogP contribution is -2.25. The lowest BCUT2D eigenvalue weighted by Gasteiger charge is -2.16. The molecular weight excluding hydrogens is 335 g/mol. The summed E-state index contributed by atoms with van der Waals surface area (Å²) in [5, 5.41) is 2.14. The Labute approximate surface area is 112 Å². The minimum absolute atomic E-state index is 0.00590. The van der Waals surface area contributed by atoms with Gasteiger partial charge in [-0.3, -0.25) is 5.01 Å². The third-order valence-electron chi connectivity index (χ3n) is 2.05. The predicted octanol–water partition coefficient (Wildman–Crippen LogP) is 2.23. The van der Waals surface area contributed by atoms with Crippen molar-refractivity contribution in [3.8, 4) is 0 Å². The van der Waals surface area contributed by atoms with Crippen molar-refractivity contribution >= 4 is 35.8 Å². The van der Waals surface area contributed by atoms with Crippen molar-refractivity contribution in [2.24, 2.45) is 17.3 Å². The van der Waals surface area contributed by atoms with Crippen LogP contribution in [-0.4, -0.2) is 0 Å². The highest BCUT2D eigenvalue weighted by Gasteiger charge is 2.03. The van der Waals surface area contributed by atoms with E-state index in [0.29, 0.717) is 5.03 Å². The molecule has 0 aromatic heterocycles. The fraction of sp³-hybridized carbons (Fsp3) is 0.200. The molecule has 16 heavy (non-hydrogen) atoms. The summed E-state index contributed by atoms with van der Waals surface area (Å²) in [5.41, 5.74) is 13.4. The maximum atomic E-state index is 5.86. The Balaban J connectivity index is 2.91. The Hall–Kier alpha value is -0.440. The van der Waals surface area contributed by atoms with Gasteiger partial charge in [-0.2, -0.15) is 0 Å². The normalized spacial score (nSPS) is 13.6. The molecule has 0 aliphatic rings. The van der Waals surface area contributed by atoms with E-state index in [1.54, 1.807) is 6.20 Å². The zero-order chi connectivity index (χ0) is 12.1. The predicted molar refractivity (Wildman–Crippen MR) is 79.6 cm³/mol. The van der Waals surface area contributed by atoms with Crippen molar-refractivity contribution in [1.82, 2.24) is 0 Å². The fourth-order valence-electron chi connectivity index (χ4n) is 1.20. The van der Waals surface area contributed by atoms with Gasteiger partial charge in [-0.1, -0.05) is 12.1 Å². The van der Waals surface area contributed by atoms with Crippen LogP contribution in [0.25, 0.3) is 0 Å². The van der Waals surface area contributed by atoms with Crippen molar-refractivity contribution in [1.29, 1.82) is 0 Å². The molecule has 6 heteroatoms. The number of benzene rings is 1. The average molecular weight is 350 g/mol. The van der Waals surface area contributed by atoms with Gasteiger partial charge in [0.2, 0.25) is 0 Å². The third-order valence-corrected chi connectivity index (χ3v) is 3.86. The summed E-state index contributed by atoms with van der Waals surface area (Å²) in [6.07, 6.45) is 1.68. The first-order chi connectivity index (χ1) is 7.54. The summed E-state index contributed by atoms with van der Waals surface area (Å²) in [4.78, 5) is 0. The molecule has 0 spiro atoms. The Morgan fingerprint density at radius 1 is 1.56 bits per heavy atom. The second-order valence-electron chi connectivity index (χ2n) is 3.40. The summed E-state index contributed by atoms with van der Waals surface area (Å²) in [6.45, 7) is 1.94. The van der Waals surface area contributed by atoms with Crippen molar-refractivity contribution in [3.05, 3.63) is 41.1 Å². The van der Waals surface area contributed by atoms with Crippen LogP contribution in [0.1, 0.15) is 18.5 Å². The molecule has 1 aromatic rings. The lowest BCUT2D eigenvalue weighted by atomic mass is 10.1. The molecule has 0 heterocycles. The minimum Gasteiger partial charge on any atom is -0.392 e. The maximum Gasteiger partial charge on any atom is 0.0940 e. The van der Waals surface area contributed by atoms with E-state index in [1.165, 1.54) is 13.9 Å². The van der Waals surface area contributed by atoms with E-state index < -0.39 is 0 Å². The standard InChI is InChI=1S/C10H15IN4S/c1-7(12)8-3-2-4-9(5-8)15(14)6-10(13)16-11/h2-7H,12-14H2,1H3/b10-6+. The smallest absolute Gasteiger partial charge is 0.0940 e. The average Bonchev–Trinajstić information content (AvgIpc) is 2.28. The van der Waals surface area contributed by atoms with E-state index in [4.69, 9.17) is 17.3 Å². The first kappa shape index (κ1) is 13.6. The van der Waals surface area contributed by atoms with Crippen LogP contribution in [0.2, 0.25) is 0 Å². The van der Waals surface area contributed by atoms with Crippen LogP contribution in [0.15, 0.2) is 35.5 Å². The first-order valence-corrected chi connectivity index (χ1v) is 8.06. The summed E-state index contributed by atoms with van der Waals surface area (Å²) in [6, 6.07) is 7.76. The van der Waals surface area contributed by atoms with Gasteiger partial charge in [0.05, 0.1) is 16.9 Å². The van der Waals surface area contributed by atoms with Crippen LogP contribution in [0.5, 0.6) is 0 Å². The van der Waals surface area contributed by atoms with Crippen molar-refractivity contribution in [2.45, 2.75) is 13.0 Å². The van der Waals surface area contributed by atoms with E-state index in [2.05, 4.69) is 21.2 Å². The van der Waals surface area contributed by atoms with Crippen LogP contribution in [-0.2, 0) is 0 Å². The molecule has 0 fully saturated rings. The van der Waals surface area contributed by atoms with Crippen molar-refractivity contribution < 1.29 is 0 Å². The number of hydrazine groups is 1. The molecule has 6 N–H and O–H groups in total. The molecule has 1 rings (SSSR count). The third kappa shape index (κ3) is 3.85. The molecule has 0 radical (unpaired) electrons. The van der Waals surface area contributed by atoms with Gasteiger partial charge in [0.15, 0.2) is 0 Å². The monoisotopic (exact) mass is 350 g/mol. The molecule has 0 saturated heterocycles. The zero-order valence-corrected chi connectivity index (χ0v) is 11.9. The first-order valence-electron chi connectivity index (χ1n) is 4.70. The number of nitrogens with two attached hydrogens (primary N) is 3. The topological polar surface area (TPSA) is 81.3 Å². The van der Waals surface area contributed by atoms with E-state index in [1.807, 2.05) is 31.2 Å². The van der Waals surface area contributed by atoms with Crippen LogP contribution < -0.4 is 22.3 Å². The number of halogens is 1. The highest BCUT2D eigenvalue weighted by atomic mass is 127. The minimum atomic E-state index is -0.00590. The van der Waals surface area contributed by atoms with E-state index >= 15 is 0 Å². The second kappa shape index (κ2) is 6.33. The Kier molecular flexibility index (Phi) is 5.39. The molecular formula is C10H15IN4S. The molecule has 0 aliphatic carbocycles. The van der Waals surface area contributed by atoms with Gasteiger partial charge in [0.25, 0.3) is 0 Å². The summed E-state index contributed by atoms with van der Waals surface area (Å²) in [5.74, 6) is 5.86. The molecule has 1 aromatic carbocycles. The number of hydrogen-bond acceptors (Lipinski definition) is 5. The molecule has 88 valence electrons. The van der Waals surface area contributed by atoms with E-state index in [-0.39, 0.29) is 6.04 Å². The van der Waals surface area contributed by atoms with Gasteiger partial charge in [-0.15, -0.1) is 0 Å². The summed E-state index contributed by atoms with van der Waals surface area (Å²) in [7, 11) is 1.42. The number of rotatable bonds is 4. The van der Waals surface area contributed by atoms with Crippen LogP contribution in [0, 0.1) is 0 Å². The molecule has 4 nitrogen and oxygen atoms in total. The van der Waals surface area contributed by atoms with Crippen LogP contribution in [0.3, 0.4) is 0 Å². The van der Waals surface area contributed by atoms with Gasteiger partial charge >= 0.3 is 0 Å². The zero-order valence-electron chi connectivity index (χ0n) is 8.93. The fourth-order valence-corrected chi connectivity index (χ4v) is 1.69. The number of nitrogens with zero attached hydrogens (tertiary/aromatic N) is 1. The van der Waals surface area contributed by atoms with Gasteiger partial charge in [-0.25, -0.2) is 5.84 Å². The van der Waals surface area contributed by atoms with Crippen molar-refractivity contribution in [3.63, 3.8) is 0 Å². The SMILES string of the molecule is CC(N)c1cccc(N(N)/C=C(\N)SI)c1. The van der Waals surface area contributed by atoms with Gasteiger partial charge in [0, 0.05) is 27.2 Å². The Morgan fingerprint density at radius 2 is 2.25 bits per heavy atom. The molecule has 0 bridgehead atoms. The molecule has 0 aliphatic heterocycles. The molecule has 1 atom stereocenters. The maximum absolute atomic E-state index is 5.86.